The molecular weight excluding hydrogens is 400 g/mol. The molecule has 1 aromatic heterocycles. The number of unbranched alkanes of at least 4 members (excludes halogenated alkanes) is 8. The minimum absolute atomic E-state index is 0.00306. The molecule has 6 atom stereocenters. The Labute approximate surface area is 195 Å². The summed E-state index contributed by atoms with van der Waals surface area (Å²) in [6, 6.07) is 4.42. The van der Waals surface area contributed by atoms with Gasteiger partial charge in [0.05, 0.1) is 12.2 Å². The molecule has 2 saturated carbocycles. The summed E-state index contributed by atoms with van der Waals surface area (Å²) >= 11 is 1.85. The van der Waals surface area contributed by atoms with Gasteiger partial charge in [-0.3, -0.25) is 0 Å². The van der Waals surface area contributed by atoms with Crippen LogP contribution in [0.4, 0.5) is 0 Å². The van der Waals surface area contributed by atoms with Gasteiger partial charge in [0, 0.05) is 11.3 Å². The lowest BCUT2D eigenvalue weighted by Gasteiger charge is -2.39. The largest absolute Gasteiger partial charge is 0.349 e. The zero-order valence-corrected chi connectivity index (χ0v) is 21.4. The standard InChI is InChI=1S/C28H46O2S/c1-5-6-7-8-9-10-11-12-13-15-23(24-16-14-19-31-24)29-25-20-21-22-17-18-28(4,26(21)30-25)27(22,2)3/h14,16,19,21-23,25-26H,5-13,15,17-18,20H2,1-4H3/t21-,22+,23-,25-,26-,28-/m0/s1. The molecule has 2 heterocycles. The van der Waals surface area contributed by atoms with E-state index in [9.17, 15) is 0 Å². The van der Waals surface area contributed by atoms with E-state index in [0.717, 1.165) is 18.8 Å². The topological polar surface area (TPSA) is 18.5 Å². The summed E-state index contributed by atoms with van der Waals surface area (Å²) in [7, 11) is 0. The van der Waals surface area contributed by atoms with E-state index in [1.54, 1.807) is 0 Å². The van der Waals surface area contributed by atoms with E-state index in [0.29, 0.717) is 22.9 Å². The molecule has 3 heteroatoms. The van der Waals surface area contributed by atoms with E-state index in [-0.39, 0.29) is 12.4 Å². The van der Waals surface area contributed by atoms with Crippen LogP contribution in [-0.4, -0.2) is 12.4 Å². The number of hydrogen-bond donors (Lipinski definition) is 0. The number of hydrogen-bond acceptors (Lipinski definition) is 3. The Morgan fingerprint density at radius 2 is 1.77 bits per heavy atom. The van der Waals surface area contributed by atoms with Gasteiger partial charge in [0.1, 0.15) is 0 Å². The number of fused-ring (bicyclic) bond motifs is 5. The van der Waals surface area contributed by atoms with Gasteiger partial charge in [-0.05, 0) is 53.4 Å². The lowest BCUT2D eigenvalue weighted by atomic mass is 9.70. The smallest absolute Gasteiger partial charge is 0.159 e. The lowest BCUT2D eigenvalue weighted by Crippen LogP contribution is -2.38. The Morgan fingerprint density at radius 3 is 2.42 bits per heavy atom. The van der Waals surface area contributed by atoms with Crippen LogP contribution in [0.3, 0.4) is 0 Å². The Morgan fingerprint density at radius 1 is 1.06 bits per heavy atom. The summed E-state index contributed by atoms with van der Waals surface area (Å²) in [4.78, 5) is 1.38. The maximum atomic E-state index is 6.69. The van der Waals surface area contributed by atoms with Gasteiger partial charge in [0.15, 0.2) is 6.29 Å². The Balaban J connectivity index is 1.24. The van der Waals surface area contributed by atoms with E-state index in [2.05, 4.69) is 45.2 Å². The van der Waals surface area contributed by atoms with Crippen LogP contribution in [0.1, 0.15) is 122 Å². The second-order valence-corrected chi connectivity index (χ2v) is 12.4. The van der Waals surface area contributed by atoms with Gasteiger partial charge in [-0.15, -0.1) is 11.3 Å². The average molecular weight is 447 g/mol. The van der Waals surface area contributed by atoms with Crippen LogP contribution >= 0.6 is 11.3 Å². The Bertz CT molecular complexity index is 669. The normalized spacial score (nSPS) is 34.3. The van der Waals surface area contributed by atoms with Crippen LogP contribution in [0.2, 0.25) is 0 Å². The maximum Gasteiger partial charge on any atom is 0.159 e. The van der Waals surface area contributed by atoms with Crippen molar-refractivity contribution < 1.29 is 9.47 Å². The third-order valence-corrected chi connectivity index (χ3v) is 10.4. The number of thiophene rings is 1. The van der Waals surface area contributed by atoms with Gasteiger partial charge in [0.2, 0.25) is 0 Å². The molecule has 0 amide bonds. The van der Waals surface area contributed by atoms with Crippen molar-refractivity contribution in [3.05, 3.63) is 22.4 Å². The summed E-state index contributed by atoms with van der Waals surface area (Å²) < 4.78 is 13.4. The lowest BCUT2D eigenvalue weighted by molar-refractivity contribution is -0.188. The molecule has 0 unspecified atom stereocenters. The van der Waals surface area contributed by atoms with E-state index in [4.69, 9.17) is 9.47 Å². The highest BCUT2D eigenvalue weighted by Crippen LogP contribution is 2.71. The molecule has 0 aromatic carbocycles. The summed E-state index contributed by atoms with van der Waals surface area (Å²) in [6.07, 6.45) is 18.0. The van der Waals surface area contributed by atoms with Crippen molar-refractivity contribution in [2.24, 2.45) is 22.7 Å². The van der Waals surface area contributed by atoms with Crippen molar-refractivity contribution in [3.63, 3.8) is 0 Å². The van der Waals surface area contributed by atoms with Crippen molar-refractivity contribution in [1.29, 1.82) is 0 Å². The molecule has 2 aliphatic carbocycles. The zero-order valence-electron chi connectivity index (χ0n) is 20.5. The molecule has 1 aliphatic heterocycles. The SMILES string of the molecule is CCCCCCCCCCC[C@H](O[C@@H]1C[C@H]2[C@H]3CC[C@@](C)([C@H]2O1)C3(C)C)c1cccs1. The molecule has 3 aliphatic rings. The molecule has 4 rings (SSSR count). The highest BCUT2D eigenvalue weighted by atomic mass is 32.1. The highest BCUT2D eigenvalue weighted by Gasteiger charge is 2.69. The van der Waals surface area contributed by atoms with Crippen LogP contribution in [0.25, 0.3) is 0 Å². The summed E-state index contributed by atoms with van der Waals surface area (Å²) in [5, 5.41) is 2.19. The van der Waals surface area contributed by atoms with E-state index < -0.39 is 0 Å². The predicted molar refractivity (Wildman–Crippen MR) is 131 cm³/mol. The average Bonchev–Trinajstić information content (AvgIpc) is 3.48. The predicted octanol–water partition coefficient (Wildman–Crippen LogP) is 8.91. The second kappa shape index (κ2) is 10.3. The van der Waals surface area contributed by atoms with Crippen molar-refractivity contribution in [2.45, 2.75) is 130 Å². The van der Waals surface area contributed by atoms with Gasteiger partial charge in [0.25, 0.3) is 0 Å². The van der Waals surface area contributed by atoms with E-state index >= 15 is 0 Å². The molecule has 31 heavy (non-hydrogen) atoms. The van der Waals surface area contributed by atoms with Crippen molar-refractivity contribution >= 4 is 11.3 Å². The minimum atomic E-state index is -0.00306. The maximum absolute atomic E-state index is 6.69. The van der Waals surface area contributed by atoms with Crippen LogP contribution < -0.4 is 0 Å². The molecule has 0 radical (unpaired) electrons. The molecular formula is C28H46O2S. The molecule has 3 fully saturated rings. The molecule has 0 N–H and O–H groups in total. The third-order valence-electron chi connectivity index (χ3n) is 9.42. The van der Waals surface area contributed by atoms with Crippen LogP contribution in [0.5, 0.6) is 0 Å². The number of ether oxygens (including phenoxy) is 2. The Kier molecular flexibility index (Phi) is 7.87. The van der Waals surface area contributed by atoms with E-state index in [1.807, 2.05) is 11.3 Å². The molecule has 0 spiro atoms. The van der Waals surface area contributed by atoms with Gasteiger partial charge < -0.3 is 9.47 Å². The first-order valence-electron chi connectivity index (χ1n) is 13.3. The summed E-state index contributed by atoms with van der Waals surface area (Å²) in [5.41, 5.74) is 0.743. The summed E-state index contributed by atoms with van der Waals surface area (Å²) in [6.45, 7) is 9.75. The molecule has 1 aromatic rings. The third kappa shape index (κ3) is 4.80. The Hall–Kier alpha value is -0.380. The first-order chi connectivity index (χ1) is 15.0. The monoisotopic (exact) mass is 446 g/mol. The van der Waals surface area contributed by atoms with Crippen LogP contribution in [0.15, 0.2) is 17.5 Å². The summed E-state index contributed by atoms with van der Waals surface area (Å²) in [5.74, 6) is 1.52. The highest BCUT2D eigenvalue weighted by molar-refractivity contribution is 7.10. The van der Waals surface area contributed by atoms with Crippen molar-refractivity contribution in [2.75, 3.05) is 0 Å². The molecule has 2 nitrogen and oxygen atoms in total. The molecule has 1 saturated heterocycles. The van der Waals surface area contributed by atoms with Crippen molar-refractivity contribution in [1.82, 2.24) is 0 Å². The van der Waals surface area contributed by atoms with Gasteiger partial charge in [-0.25, -0.2) is 0 Å². The van der Waals surface area contributed by atoms with Crippen molar-refractivity contribution in [3.8, 4) is 0 Å². The van der Waals surface area contributed by atoms with Gasteiger partial charge in [-0.1, -0.05) is 91.5 Å². The molecule has 2 bridgehead atoms. The zero-order chi connectivity index (χ0) is 21.9. The van der Waals surface area contributed by atoms with E-state index in [1.165, 1.54) is 75.5 Å². The number of rotatable bonds is 13. The van der Waals surface area contributed by atoms with Gasteiger partial charge >= 0.3 is 0 Å². The first kappa shape index (κ1) is 23.8. The minimum Gasteiger partial charge on any atom is -0.349 e. The fraction of sp³-hybridized carbons (Fsp3) is 0.857. The molecule has 176 valence electrons. The second-order valence-electron chi connectivity index (χ2n) is 11.4. The van der Waals surface area contributed by atoms with Gasteiger partial charge in [-0.2, -0.15) is 0 Å². The fourth-order valence-electron chi connectivity index (χ4n) is 7.15. The van der Waals surface area contributed by atoms with Crippen LogP contribution in [0, 0.1) is 22.7 Å². The van der Waals surface area contributed by atoms with Crippen LogP contribution in [-0.2, 0) is 9.47 Å². The quantitative estimate of drug-likeness (QED) is 0.282. The fourth-order valence-corrected chi connectivity index (χ4v) is 7.94. The first-order valence-corrected chi connectivity index (χ1v) is 14.2.